The van der Waals surface area contributed by atoms with E-state index in [-0.39, 0.29) is 5.41 Å². The van der Waals surface area contributed by atoms with Crippen molar-refractivity contribution in [2.45, 2.75) is 36.9 Å². The third-order valence-electron chi connectivity index (χ3n) is 7.13. The highest BCUT2D eigenvalue weighted by molar-refractivity contribution is 5.82. The SMILES string of the molecule is O=C1C[C@@H]2CC3(C[C@@H]2C1)OCC1(CO3)c2ccccc2-c2ccccc21. The molecule has 2 saturated carbocycles. The summed E-state index contributed by atoms with van der Waals surface area (Å²) in [5.74, 6) is 0.869. The Bertz CT molecular complexity index is 842. The number of hydrogen-bond acceptors (Lipinski definition) is 3. The maximum absolute atomic E-state index is 11.7. The first-order valence-electron chi connectivity index (χ1n) is 9.68. The van der Waals surface area contributed by atoms with Gasteiger partial charge in [-0.1, -0.05) is 48.5 Å². The predicted octanol–water partition coefficient (Wildman–Crippen LogP) is 4.09. The fourth-order valence-electron chi connectivity index (χ4n) is 5.92. The zero-order chi connectivity index (χ0) is 17.4. The summed E-state index contributed by atoms with van der Waals surface area (Å²) in [5.41, 5.74) is 5.06. The standard InChI is InChI=1S/C23H22O3/c24-17-9-15-11-23(12-16(15)10-17)25-13-22(14-26-23)20-7-3-1-5-18(20)19-6-2-4-8-21(19)22/h1-8,15-16H,9-14H2/t15-,16+. The first kappa shape index (κ1) is 15.1. The molecular formula is C23H22O3. The van der Waals surface area contributed by atoms with Gasteiger partial charge in [0.25, 0.3) is 0 Å². The van der Waals surface area contributed by atoms with Gasteiger partial charge in [0.1, 0.15) is 5.78 Å². The second kappa shape index (κ2) is 5.05. The molecule has 3 aliphatic carbocycles. The molecule has 0 N–H and O–H groups in total. The van der Waals surface area contributed by atoms with Gasteiger partial charge in [0, 0.05) is 25.7 Å². The molecule has 1 saturated heterocycles. The highest BCUT2D eigenvalue weighted by atomic mass is 16.7. The van der Waals surface area contributed by atoms with E-state index in [1.54, 1.807) is 0 Å². The van der Waals surface area contributed by atoms with Crippen molar-refractivity contribution in [2.75, 3.05) is 13.2 Å². The van der Waals surface area contributed by atoms with Crippen LogP contribution in [0, 0.1) is 11.8 Å². The zero-order valence-electron chi connectivity index (χ0n) is 14.7. The third-order valence-corrected chi connectivity index (χ3v) is 7.13. The van der Waals surface area contributed by atoms with E-state index in [0.29, 0.717) is 30.8 Å². The largest absolute Gasteiger partial charge is 0.349 e. The van der Waals surface area contributed by atoms with Crippen molar-refractivity contribution >= 4 is 5.78 Å². The third kappa shape index (κ3) is 1.88. The van der Waals surface area contributed by atoms with Crippen LogP contribution >= 0.6 is 0 Å². The minimum absolute atomic E-state index is 0.202. The van der Waals surface area contributed by atoms with Crippen LogP contribution in [-0.4, -0.2) is 24.8 Å². The van der Waals surface area contributed by atoms with Crippen molar-refractivity contribution in [1.29, 1.82) is 0 Å². The van der Waals surface area contributed by atoms with Crippen molar-refractivity contribution in [2.24, 2.45) is 11.8 Å². The molecule has 0 radical (unpaired) electrons. The van der Waals surface area contributed by atoms with Gasteiger partial charge in [-0.25, -0.2) is 0 Å². The lowest BCUT2D eigenvalue weighted by Gasteiger charge is -2.44. The lowest BCUT2D eigenvalue weighted by atomic mass is 9.78. The van der Waals surface area contributed by atoms with Crippen molar-refractivity contribution < 1.29 is 14.3 Å². The summed E-state index contributed by atoms with van der Waals surface area (Å²) >= 11 is 0. The van der Waals surface area contributed by atoms with E-state index < -0.39 is 5.79 Å². The maximum atomic E-state index is 11.7. The maximum Gasteiger partial charge on any atom is 0.168 e. The van der Waals surface area contributed by atoms with E-state index in [4.69, 9.17) is 9.47 Å². The minimum atomic E-state index is -0.465. The molecule has 2 atom stereocenters. The summed E-state index contributed by atoms with van der Waals surface area (Å²) in [6.07, 6.45) is 3.19. The molecule has 3 fully saturated rings. The van der Waals surface area contributed by atoms with Gasteiger partial charge in [0.15, 0.2) is 5.79 Å². The molecule has 1 heterocycles. The molecule has 3 nitrogen and oxygen atoms in total. The number of benzene rings is 2. The molecule has 2 spiro atoms. The fraction of sp³-hybridized carbons (Fsp3) is 0.435. The molecule has 0 amide bonds. The number of Topliss-reactive ketones (excluding diaryl/α,β-unsaturated/α-hetero) is 1. The second-order valence-electron chi connectivity index (χ2n) is 8.54. The van der Waals surface area contributed by atoms with Gasteiger partial charge in [-0.15, -0.1) is 0 Å². The minimum Gasteiger partial charge on any atom is -0.349 e. The molecule has 132 valence electrons. The fourth-order valence-corrected chi connectivity index (χ4v) is 5.92. The van der Waals surface area contributed by atoms with Crippen molar-refractivity contribution in [3.8, 4) is 11.1 Å². The molecular weight excluding hydrogens is 324 g/mol. The predicted molar refractivity (Wildman–Crippen MR) is 97.7 cm³/mol. The Labute approximate surface area is 153 Å². The number of carbonyl (C=O) groups excluding carboxylic acids is 1. The van der Waals surface area contributed by atoms with E-state index in [1.165, 1.54) is 22.3 Å². The van der Waals surface area contributed by atoms with Crippen molar-refractivity contribution in [3.05, 3.63) is 59.7 Å². The van der Waals surface area contributed by atoms with Gasteiger partial charge in [0.05, 0.1) is 18.6 Å². The van der Waals surface area contributed by atoms with Crippen LogP contribution in [0.5, 0.6) is 0 Å². The van der Waals surface area contributed by atoms with Gasteiger partial charge >= 0.3 is 0 Å². The van der Waals surface area contributed by atoms with Crippen LogP contribution < -0.4 is 0 Å². The van der Waals surface area contributed by atoms with Crippen LogP contribution in [0.4, 0.5) is 0 Å². The van der Waals surface area contributed by atoms with Gasteiger partial charge in [0.2, 0.25) is 0 Å². The highest BCUT2D eigenvalue weighted by Crippen LogP contribution is 2.56. The Kier molecular flexibility index (Phi) is 2.94. The molecule has 1 aliphatic heterocycles. The number of ketones is 1. The van der Waals surface area contributed by atoms with Gasteiger partial charge in [-0.2, -0.15) is 0 Å². The van der Waals surface area contributed by atoms with Gasteiger partial charge in [-0.3, -0.25) is 4.79 Å². The van der Waals surface area contributed by atoms with E-state index in [2.05, 4.69) is 48.5 Å². The van der Waals surface area contributed by atoms with Crippen molar-refractivity contribution in [3.63, 3.8) is 0 Å². The molecule has 3 heteroatoms. The normalized spacial score (nSPS) is 29.8. The van der Waals surface area contributed by atoms with Gasteiger partial charge < -0.3 is 9.47 Å². The van der Waals surface area contributed by atoms with Crippen LogP contribution in [0.1, 0.15) is 36.8 Å². The number of ether oxygens (including phenoxy) is 2. The van der Waals surface area contributed by atoms with E-state index in [0.717, 1.165) is 25.7 Å². The Morgan fingerprint density at radius 2 is 1.27 bits per heavy atom. The van der Waals surface area contributed by atoms with Gasteiger partial charge in [-0.05, 0) is 34.1 Å². The van der Waals surface area contributed by atoms with E-state index >= 15 is 0 Å². The van der Waals surface area contributed by atoms with Crippen LogP contribution in [-0.2, 0) is 19.7 Å². The summed E-state index contributed by atoms with van der Waals surface area (Å²) in [4.78, 5) is 11.7. The van der Waals surface area contributed by atoms with E-state index in [9.17, 15) is 4.79 Å². The summed E-state index contributed by atoms with van der Waals surface area (Å²) in [7, 11) is 0. The molecule has 0 aromatic heterocycles. The second-order valence-corrected chi connectivity index (χ2v) is 8.54. The molecule has 26 heavy (non-hydrogen) atoms. The Morgan fingerprint density at radius 3 is 1.81 bits per heavy atom. The average molecular weight is 346 g/mol. The smallest absolute Gasteiger partial charge is 0.168 e. The summed E-state index contributed by atoms with van der Waals surface area (Å²) in [5, 5.41) is 0. The topological polar surface area (TPSA) is 35.5 Å². The molecule has 0 bridgehead atoms. The quantitative estimate of drug-likeness (QED) is 0.721. The Hall–Kier alpha value is -1.97. The molecule has 0 unspecified atom stereocenters. The molecule has 6 rings (SSSR count). The molecule has 4 aliphatic rings. The summed E-state index contributed by atoms with van der Waals surface area (Å²) < 4.78 is 13.0. The van der Waals surface area contributed by atoms with Crippen LogP contribution in [0.2, 0.25) is 0 Å². The number of rotatable bonds is 0. The van der Waals surface area contributed by atoms with E-state index in [1.807, 2.05) is 0 Å². The van der Waals surface area contributed by atoms with Crippen molar-refractivity contribution in [1.82, 2.24) is 0 Å². The Morgan fingerprint density at radius 1 is 0.769 bits per heavy atom. The Balaban J connectivity index is 1.35. The van der Waals surface area contributed by atoms with Crippen LogP contribution in [0.25, 0.3) is 11.1 Å². The van der Waals surface area contributed by atoms with Crippen LogP contribution in [0.15, 0.2) is 48.5 Å². The number of hydrogen-bond donors (Lipinski definition) is 0. The highest BCUT2D eigenvalue weighted by Gasteiger charge is 2.56. The zero-order valence-corrected chi connectivity index (χ0v) is 14.7. The number of fused-ring (bicyclic) bond motifs is 6. The van der Waals surface area contributed by atoms with Crippen LogP contribution in [0.3, 0.4) is 0 Å². The lowest BCUT2D eigenvalue weighted by Crippen LogP contribution is -2.51. The summed E-state index contributed by atoms with van der Waals surface area (Å²) in [6, 6.07) is 17.3. The number of carbonyl (C=O) groups is 1. The first-order chi connectivity index (χ1) is 12.7. The average Bonchev–Trinajstić information content (AvgIpc) is 3.25. The molecule has 2 aromatic carbocycles. The first-order valence-corrected chi connectivity index (χ1v) is 9.68. The summed E-state index contributed by atoms with van der Waals surface area (Å²) in [6.45, 7) is 1.32. The lowest BCUT2D eigenvalue weighted by molar-refractivity contribution is -0.282. The monoisotopic (exact) mass is 346 g/mol. The molecule has 2 aromatic rings.